The molecule has 3 aromatic carbocycles. The van der Waals surface area contributed by atoms with Crippen molar-refractivity contribution in [2.75, 3.05) is 29.9 Å². The van der Waals surface area contributed by atoms with Crippen LogP contribution < -0.4 is 15.0 Å². The van der Waals surface area contributed by atoms with Gasteiger partial charge in [0, 0.05) is 30.0 Å². The number of aromatic nitrogens is 3. The first-order valence-corrected chi connectivity index (χ1v) is 11.7. The van der Waals surface area contributed by atoms with Crippen molar-refractivity contribution in [3.8, 4) is 11.4 Å². The number of benzene rings is 3. The van der Waals surface area contributed by atoms with E-state index in [1.165, 1.54) is 5.69 Å². The van der Waals surface area contributed by atoms with Crippen molar-refractivity contribution in [2.45, 2.75) is 34.6 Å². The molecule has 0 bridgehead atoms. The molecule has 1 N–H and O–H groups in total. The Morgan fingerprint density at radius 3 is 2.21 bits per heavy atom. The van der Waals surface area contributed by atoms with E-state index < -0.39 is 0 Å². The Bertz CT molecular complexity index is 1310. The summed E-state index contributed by atoms with van der Waals surface area (Å²) in [5.41, 5.74) is 6.94. The number of rotatable bonds is 8. The summed E-state index contributed by atoms with van der Waals surface area (Å²) in [5.74, 6) is 0.564. The van der Waals surface area contributed by atoms with Gasteiger partial charge in [0.25, 0.3) is 5.91 Å². The molecule has 4 aromatic rings. The molecule has 0 aliphatic heterocycles. The number of aryl methyl sites for hydroxylation is 2. The fourth-order valence-corrected chi connectivity index (χ4v) is 4.02. The Kier molecular flexibility index (Phi) is 6.82. The maximum Gasteiger partial charge on any atom is 0.255 e. The third-order valence-electron chi connectivity index (χ3n) is 5.93. The van der Waals surface area contributed by atoms with Gasteiger partial charge in [-0.2, -0.15) is 4.80 Å². The number of carbonyl (C=O) groups excluding carboxylic acids is 1. The van der Waals surface area contributed by atoms with Gasteiger partial charge < -0.3 is 15.0 Å². The van der Waals surface area contributed by atoms with Gasteiger partial charge >= 0.3 is 0 Å². The van der Waals surface area contributed by atoms with Crippen LogP contribution in [-0.2, 0) is 0 Å². The molecule has 0 spiro atoms. The molecule has 0 atom stereocenters. The van der Waals surface area contributed by atoms with E-state index in [4.69, 9.17) is 14.9 Å². The number of amides is 1. The quantitative estimate of drug-likeness (QED) is 0.376. The molecule has 0 aliphatic carbocycles. The smallest absolute Gasteiger partial charge is 0.255 e. The average molecular weight is 458 g/mol. The molecule has 1 heterocycles. The molecule has 7 heteroatoms. The number of ether oxygens (including phenoxy) is 1. The van der Waals surface area contributed by atoms with Crippen LogP contribution in [0.25, 0.3) is 16.7 Å². The highest BCUT2D eigenvalue weighted by molar-refractivity contribution is 6.05. The van der Waals surface area contributed by atoms with Gasteiger partial charge in [-0.1, -0.05) is 0 Å². The highest BCUT2D eigenvalue weighted by Crippen LogP contribution is 2.25. The van der Waals surface area contributed by atoms with Gasteiger partial charge in [-0.3, -0.25) is 4.79 Å². The molecule has 0 radical (unpaired) electrons. The van der Waals surface area contributed by atoms with Crippen LogP contribution in [0.4, 0.5) is 11.4 Å². The molecule has 0 saturated heterocycles. The topological polar surface area (TPSA) is 72.3 Å². The van der Waals surface area contributed by atoms with E-state index in [1.807, 2.05) is 26.0 Å². The van der Waals surface area contributed by atoms with Crippen molar-refractivity contribution in [3.05, 3.63) is 71.3 Å². The highest BCUT2D eigenvalue weighted by Gasteiger charge is 2.14. The Labute approximate surface area is 200 Å². The summed E-state index contributed by atoms with van der Waals surface area (Å²) in [4.78, 5) is 16.8. The summed E-state index contributed by atoms with van der Waals surface area (Å²) in [6.45, 7) is 12.8. The van der Waals surface area contributed by atoms with E-state index in [0.29, 0.717) is 17.9 Å². The van der Waals surface area contributed by atoms with Gasteiger partial charge in [0.2, 0.25) is 0 Å². The van der Waals surface area contributed by atoms with Gasteiger partial charge in [0.15, 0.2) is 0 Å². The standard InChI is InChI=1S/C27H31N5O2/c1-6-31(7-2)21-11-14-26(19(5)15-21)32-29-24-16-18(4)23(17-25(24)30-32)28-27(33)20-9-12-22(13-10-20)34-8-3/h9-17H,6-8H2,1-5H3,(H,28,33). The Balaban J connectivity index is 1.59. The molecule has 0 saturated carbocycles. The van der Waals surface area contributed by atoms with E-state index in [0.717, 1.165) is 46.7 Å². The van der Waals surface area contributed by atoms with Crippen LogP contribution >= 0.6 is 0 Å². The number of hydrogen-bond donors (Lipinski definition) is 1. The monoisotopic (exact) mass is 457 g/mol. The highest BCUT2D eigenvalue weighted by atomic mass is 16.5. The molecule has 1 aromatic heterocycles. The van der Waals surface area contributed by atoms with Crippen LogP contribution in [0.5, 0.6) is 5.75 Å². The summed E-state index contributed by atoms with van der Waals surface area (Å²) >= 11 is 0. The SMILES string of the molecule is CCOc1ccc(C(=O)Nc2cc3nn(-c4ccc(N(CC)CC)cc4C)nc3cc2C)cc1. The van der Waals surface area contributed by atoms with Gasteiger partial charge in [0.1, 0.15) is 16.8 Å². The van der Waals surface area contributed by atoms with Crippen LogP contribution in [0.2, 0.25) is 0 Å². The first-order chi connectivity index (χ1) is 16.4. The largest absolute Gasteiger partial charge is 0.494 e. The van der Waals surface area contributed by atoms with Crippen LogP contribution in [0, 0.1) is 13.8 Å². The molecular formula is C27H31N5O2. The molecule has 0 aliphatic rings. The lowest BCUT2D eigenvalue weighted by Gasteiger charge is -2.22. The molecule has 1 amide bonds. The van der Waals surface area contributed by atoms with E-state index in [2.05, 4.69) is 49.2 Å². The zero-order chi connectivity index (χ0) is 24.2. The summed E-state index contributed by atoms with van der Waals surface area (Å²) in [7, 11) is 0. The minimum absolute atomic E-state index is 0.180. The minimum atomic E-state index is -0.180. The molecule has 4 rings (SSSR count). The number of fused-ring (bicyclic) bond motifs is 1. The van der Waals surface area contributed by atoms with Gasteiger partial charge in [-0.25, -0.2) is 0 Å². The molecule has 176 valence electrons. The normalized spacial score (nSPS) is 11.0. The van der Waals surface area contributed by atoms with E-state index >= 15 is 0 Å². The number of nitrogens with one attached hydrogen (secondary N) is 1. The second-order valence-electron chi connectivity index (χ2n) is 8.20. The molecule has 0 fully saturated rings. The Hall–Kier alpha value is -3.87. The fourth-order valence-electron chi connectivity index (χ4n) is 4.02. The summed E-state index contributed by atoms with van der Waals surface area (Å²) in [6, 6.07) is 17.3. The summed E-state index contributed by atoms with van der Waals surface area (Å²) < 4.78 is 5.45. The zero-order valence-electron chi connectivity index (χ0n) is 20.4. The number of anilines is 2. The number of carbonyl (C=O) groups is 1. The van der Waals surface area contributed by atoms with Crippen molar-refractivity contribution in [1.82, 2.24) is 15.0 Å². The van der Waals surface area contributed by atoms with Gasteiger partial charge in [-0.05, 0) is 100 Å². The Morgan fingerprint density at radius 2 is 1.59 bits per heavy atom. The second-order valence-corrected chi connectivity index (χ2v) is 8.20. The molecule has 34 heavy (non-hydrogen) atoms. The minimum Gasteiger partial charge on any atom is -0.494 e. The zero-order valence-corrected chi connectivity index (χ0v) is 20.4. The Morgan fingerprint density at radius 1 is 0.912 bits per heavy atom. The van der Waals surface area contributed by atoms with E-state index in [-0.39, 0.29) is 5.91 Å². The predicted octanol–water partition coefficient (Wildman–Crippen LogP) is 5.53. The molecule has 7 nitrogen and oxygen atoms in total. The molecule has 0 unspecified atom stereocenters. The van der Waals surface area contributed by atoms with Crippen molar-refractivity contribution < 1.29 is 9.53 Å². The van der Waals surface area contributed by atoms with Gasteiger partial charge in [-0.15, -0.1) is 10.2 Å². The lowest BCUT2D eigenvalue weighted by Crippen LogP contribution is -2.21. The van der Waals surface area contributed by atoms with E-state index in [1.54, 1.807) is 29.1 Å². The number of hydrogen-bond acceptors (Lipinski definition) is 5. The summed E-state index contributed by atoms with van der Waals surface area (Å²) in [6.07, 6.45) is 0. The first kappa shape index (κ1) is 23.3. The maximum atomic E-state index is 12.8. The third-order valence-corrected chi connectivity index (χ3v) is 5.93. The molecular weight excluding hydrogens is 426 g/mol. The third kappa shape index (κ3) is 4.73. The first-order valence-electron chi connectivity index (χ1n) is 11.7. The van der Waals surface area contributed by atoms with Crippen molar-refractivity contribution in [3.63, 3.8) is 0 Å². The van der Waals surface area contributed by atoms with Gasteiger partial charge in [0.05, 0.1) is 12.3 Å². The van der Waals surface area contributed by atoms with Crippen LogP contribution in [-0.4, -0.2) is 40.6 Å². The second kappa shape index (κ2) is 9.95. The fraction of sp³-hybridized carbons (Fsp3) is 0.296. The van der Waals surface area contributed by atoms with Crippen LogP contribution in [0.15, 0.2) is 54.6 Å². The van der Waals surface area contributed by atoms with Crippen molar-refractivity contribution in [2.24, 2.45) is 0 Å². The van der Waals surface area contributed by atoms with E-state index in [9.17, 15) is 4.79 Å². The predicted molar refractivity (Wildman–Crippen MR) is 137 cm³/mol. The maximum absolute atomic E-state index is 12.8. The lowest BCUT2D eigenvalue weighted by molar-refractivity contribution is 0.102. The van der Waals surface area contributed by atoms with Crippen molar-refractivity contribution in [1.29, 1.82) is 0 Å². The number of nitrogens with zero attached hydrogens (tertiary/aromatic N) is 4. The van der Waals surface area contributed by atoms with Crippen LogP contribution in [0.1, 0.15) is 42.3 Å². The average Bonchev–Trinajstić information content (AvgIpc) is 3.23. The lowest BCUT2D eigenvalue weighted by atomic mass is 10.1. The van der Waals surface area contributed by atoms with Crippen LogP contribution in [0.3, 0.4) is 0 Å². The van der Waals surface area contributed by atoms with Crippen molar-refractivity contribution >= 4 is 28.3 Å². The summed E-state index contributed by atoms with van der Waals surface area (Å²) in [5, 5.41) is 12.4.